The first-order chi connectivity index (χ1) is 9.83. The maximum atomic E-state index is 8.74. The summed E-state index contributed by atoms with van der Waals surface area (Å²) in [6, 6.07) is 7.99. The van der Waals surface area contributed by atoms with Crippen LogP contribution in [0.2, 0.25) is 0 Å². The second kappa shape index (κ2) is 7.97. The molecule has 0 spiro atoms. The van der Waals surface area contributed by atoms with Gasteiger partial charge in [0.2, 0.25) is 0 Å². The molecule has 1 aromatic rings. The molecule has 1 aromatic carbocycles. The average Bonchev–Trinajstić information content (AvgIpc) is 2.48. The number of benzene rings is 1. The van der Waals surface area contributed by atoms with E-state index in [1.807, 2.05) is 24.3 Å². The summed E-state index contributed by atoms with van der Waals surface area (Å²) < 4.78 is 6.19. The van der Waals surface area contributed by atoms with Gasteiger partial charge in [0.25, 0.3) is 0 Å². The van der Waals surface area contributed by atoms with Crippen molar-refractivity contribution in [3.05, 3.63) is 29.8 Å². The van der Waals surface area contributed by atoms with Crippen LogP contribution in [0.4, 0.5) is 0 Å². The van der Waals surface area contributed by atoms with Crippen molar-refractivity contribution < 1.29 is 9.84 Å². The Morgan fingerprint density at radius 2 is 2.15 bits per heavy atom. The summed E-state index contributed by atoms with van der Waals surface area (Å²) in [6.07, 6.45) is 7.14. The third-order valence-electron chi connectivity index (χ3n) is 3.95. The summed E-state index contributed by atoms with van der Waals surface area (Å²) >= 11 is 0. The lowest BCUT2D eigenvalue weighted by atomic mass is 9.85. The molecule has 2 heteroatoms. The van der Waals surface area contributed by atoms with E-state index in [-0.39, 0.29) is 6.61 Å². The van der Waals surface area contributed by atoms with Crippen molar-refractivity contribution in [2.24, 2.45) is 5.92 Å². The van der Waals surface area contributed by atoms with E-state index < -0.39 is 0 Å². The van der Waals surface area contributed by atoms with Crippen molar-refractivity contribution >= 4 is 0 Å². The predicted molar refractivity (Wildman–Crippen MR) is 81.7 cm³/mol. The van der Waals surface area contributed by atoms with Crippen molar-refractivity contribution in [2.75, 3.05) is 6.61 Å². The molecule has 0 amide bonds. The Morgan fingerprint density at radius 3 is 2.95 bits per heavy atom. The van der Waals surface area contributed by atoms with E-state index in [1.165, 1.54) is 32.1 Å². The van der Waals surface area contributed by atoms with E-state index in [0.29, 0.717) is 18.4 Å². The molecule has 0 aromatic heterocycles. The SMILES string of the molecule is CCC1CCCCC1Oc1cccc(C#CCCO)c1. The zero-order valence-corrected chi connectivity index (χ0v) is 12.3. The Hall–Kier alpha value is -1.46. The highest BCUT2D eigenvalue weighted by Crippen LogP contribution is 2.30. The smallest absolute Gasteiger partial charge is 0.120 e. The Labute approximate surface area is 122 Å². The van der Waals surface area contributed by atoms with Gasteiger partial charge in [-0.3, -0.25) is 0 Å². The van der Waals surface area contributed by atoms with Crippen LogP contribution in [0.15, 0.2) is 24.3 Å². The Balaban J connectivity index is 2.02. The van der Waals surface area contributed by atoms with Crippen LogP contribution >= 0.6 is 0 Å². The van der Waals surface area contributed by atoms with Crippen molar-refractivity contribution in [3.63, 3.8) is 0 Å². The maximum Gasteiger partial charge on any atom is 0.120 e. The zero-order chi connectivity index (χ0) is 14.2. The lowest BCUT2D eigenvalue weighted by molar-refractivity contribution is 0.0904. The number of hydrogen-bond acceptors (Lipinski definition) is 2. The largest absolute Gasteiger partial charge is 0.490 e. The van der Waals surface area contributed by atoms with Crippen molar-refractivity contribution in [2.45, 2.75) is 51.6 Å². The lowest BCUT2D eigenvalue weighted by Crippen LogP contribution is -2.29. The summed E-state index contributed by atoms with van der Waals surface area (Å²) in [6.45, 7) is 2.37. The Bertz CT molecular complexity index is 470. The molecule has 2 unspecified atom stereocenters. The molecule has 1 saturated carbocycles. The molecule has 0 aliphatic heterocycles. The molecule has 2 rings (SSSR count). The van der Waals surface area contributed by atoms with Crippen LogP contribution < -0.4 is 4.74 Å². The quantitative estimate of drug-likeness (QED) is 0.845. The fourth-order valence-electron chi connectivity index (χ4n) is 2.84. The monoisotopic (exact) mass is 272 g/mol. The van der Waals surface area contributed by atoms with Gasteiger partial charge in [0, 0.05) is 12.0 Å². The van der Waals surface area contributed by atoms with Gasteiger partial charge in [-0.2, -0.15) is 0 Å². The fraction of sp³-hybridized carbons (Fsp3) is 0.556. The summed E-state index contributed by atoms with van der Waals surface area (Å²) in [4.78, 5) is 0. The highest BCUT2D eigenvalue weighted by Gasteiger charge is 2.25. The van der Waals surface area contributed by atoms with E-state index in [0.717, 1.165) is 11.3 Å². The van der Waals surface area contributed by atoms with Gasteiger partial charge < -0.3 is 9.84 Å². The summed E-state index contributed by atoms with van der Waals surface area (Å²) in [5.41, 5.74) is 0.958. The molecule has 20 heavy (non-hydrogen) atoms. The van der Waals surface area contributed by atoms with Crippen LogP contribution in [-0.4, -0.2) is 17.8 Å². The molecule has 2 nitrogen and oxygen atoms in total. The van der Waals surface area contributed by atoms with Gasteiger partial charge in [0.1, 0.15) is 11.9 Å². The highest BCUT2D eigenvalue weighted by atomic mass is 16.5. The van der Waals surface area contributed by atoms with E-state index in [4.69, 9.17) is 9.84 Å². The molecule has 1 aliphatic rings. The van der Waals surface area contributed by atoms with Gasteiger partial charge in [0.15, 0.2) is 0 Å². The van der Waals surface area contributed by atoms with Crippen LogP contribution in [0, 0.1) is 17.8 Å². The van der Waals surface area contributed by atoms with Crippen molar-refractivity contribution in [1.82, 2.24) is 0 Å². The van der Waals surface area contributed by atoms with Crippen LogP contribution in [0.3, 0.4) is 0 Å². The molecule has 1 N–H and O–H groups in total. The maximum absolute atomic E-state index is 8.74. The first-order valence-electron chi connectivity index (χ1n) is 7.70. The molecule has 1 fully saturated rings. The Kier molecular flexibility index (Phi) is 5.95. The number of ether oxygens (including phenoxy) is 1. The molecule has 0 radical (unpaired) electrons. The minimum atomic E-state index is 0.115. The minimum absolute atomic E-state index is 0.115. The topological polar surface area (TPSA) is 29.5 Å². The molecule has 1 aliphatic carbocycles. The van der Waals surface area contributed by atoms with E-state index in [2.05, 4.69) is 18.8 Å². The van der Waals surface area contributed by atoms with Gasteiger partial charge in [-0.05, 0) is 49.8 Å². The molecule has 0 heterocycles. The highest BCUT2D eigenvalue weighted by molar-refractivity contribution is 5.39. The first-order valence-corrected chi connectivity index (χ1v) is 7.70. The first kappa shape index (κ1) is 14.9. The normalized spacial score (nSPS) is 21.9. The van der Waals surface area contributed by atoms with Crippen LogP contribution in [0.25, 0.3) is 0 Å². The number of aliphatic hydroxyl groups is 1. The molecular formula is C18H24O2. The lowest BCUT2D eigenvalue weighted by Gasteiger charge is -2.31. The van der Waals surface area contributed by atoms with Gasteiger partial charge in [-0.25, -0.2) is 0 Å². The third kappa shape index (κ3) is 4.28. The summed E-state index contributed by atoms with van der Waals surface area (Å²) in [5, 5.41) is 8.74. The van der Waals surface area contributed by atoms with Crippen molar-refractivity contribution in [1.29, 1.82) is 0 Å². The van der Waals surface area contributed by atoms with Crippen LogP contribution in [0.5, 0.6) is 5.75 Å². The summed E-state index contributed by atoms with van der Waals surface area (Å²) in [5.74, 6) is 7.62. The second-order valence-electron chi connectivity index (χ2n) is 5.41. The van der Waals surface area contributed by atoms with E-state index >= 15 is 0 Å². The van der Waals surface area contributed by atoms with Crippen LogP contribution in [0.1, 0.15) is 51.0 Å². The molecule has 2 atom stereocenters. The molecule has 0 saturated heterocycles. The average molecular weight is 272 g/mol. The number of rotatable bonds is 4. The molecular weight excluding hydrogens is 248 g/mol. The third-order valence-corrected chi connectivity index (χ3v) is 3.95. The van der Waals surface area contributed by atoms with Crippen LogP contribution in [-0.2, 0) is 0 Å². The minimum Gasteiger partial charge on any atom is -0.490 e. The predicted octanol–water partition coefficient (Wildman–Crippen LogP) is 3.77. The summed E-state index contributed by atoms with van der Waals surface area (Å²) in [7, 11) is 0. The molecule has 0 bridgehead atoms. The van der Waals surface area contributed by atoms with E-state index in [9.17, 15) is 0 Å². The van der Waals surface area contributed by atoms with Gasteiger partial charge in [0.05, 0.1) is 6.61 Å². The number of aliphatic hydroxyl groups excluding tert-OH is 1. The van der Waals surface area contributed by atoms with Crippen molar-refractivity contribution in [3.8, 4) is 17.6 Å². The number of hydrogen-bond donors (Lipinski definition) is 1. The Morgan fingerprint density at radius 1 is 1.30 bits per heavy atom. The molecule has 108 valence electrons. The van der Waals surface area contributed by atoms with Gasteiger partial charge in [-0.1, -0.05) is 31.3 Å². The zero-order valence-electron chi connectivity index (χ0n) is 12.3. The van der Waals surface area contributed by atoms with E-state index in [1.54, 1.807) is 0 Å². The standard InChI is InChI=1S/C18H24O2/c1-2-16-10-3-4-12-18(16)20-17-11-7-9-15(14-17)8-5-6-13-19/h7,9,11,14,16,18-19H,2-4,6,10,12-13H2,1H3. The van der Waals surface area contributed by atoms with Gasteiger partial charge in [-0.15, -0.1) is 0 Å². The van der Waals surface area contributed by atoms with Gasteiger partial charge >= 0.3 is 0 Å². The fourth-order valence-corrected chi connectivity index (χ4v) is 2.84. The second-order valence-corrected chi connectivity index (χ2v) is 5.41.